The predicted molar refractivity (Wildman–Crippen MR) is 44.7 cm³/mol. The summed E-state index contributed by atoms with van der Waals surface area (Å²) in [7, 11) is 0. The van der Waals surface area contributed by atoms with Crippen molar-refractivity contribution in [3.8, 4) is 0 Å². The number of carbonyl (C=O) groups excluding carboxylic acids is 2. The summed E-state index contributed by atoms with van der Waals surface area (Å²) in [5.41, 5.74) is 0. The number of carbonyl (C=O) groups is 2. The van der Waals surface area contributed by atoms with E-state index in [0.717, 1.165) is 0 Å². The highest BCUT2D eigenvalue weighted by molar-refractivity contribution is 5.76. The first-order valence-corrected chi connectivity index (χ1v) is 4.35. The van der Waals surface area contributed by atoms with Crippen molar-refractivity contribution in [3.05, 3.63) is 0 Å². The second kappa shape index (κ2) is 8.46. The number of hydrogen-bond acceptors (Lipinski definition) is 6. The standard InChI is InChI=1S/C8H14O6/c1-3-11-13-7(9)5-6-8(10)14-12-4-2/h3-6H2,1-2H3. The average Bonchev–Trinajstić information content (AvgIpc) is 2.20. The first kappa shape index (κ1) is 12.9. The van der Waals surface area contributed by atoms with E-state index in [2.05, 4.69) is 19.6 Å². The molecule has 0 aromatic rings. The third-order valence-corrected chi connectivity index (χ3v) is 1.07. The Morgan fingerprint density at radius 2 is 1.21 bits per heavy atom. The Balaban J connectivity index is 3.41. The second-order valence-electron chi connectivity index (χ2n) is 2.22. The fraction of sp³-hybridized carbons (Fsp3) is 0.750. The Labute approximate surface area is 81.9 Å². The zero-order valence-corrected chi connectivity index (χ0v) is 8.28. The van der Waals surface area contributed by atoms with Crippen molar-refractivity contribution in [1.29, 1.82) is 0 Å². The molecule has 0 spiro atoms. The molecule has 0 saturated carbocycles. The van der Waals surface area contributed by atoms with E-state index in [0.29, 0.717) is 0 Å². The van der Waals surface area contributed by atoms with Crippen LogP contribution in [0.15, 0.2) is 0 Å². The summed E-state index contributed by atoms with van der Waals surface area (Å²) in [4.78, 5) is 38.8. The highest BCUT2D eigenvalue weighted by Gasteiger charge is 2.10. The number of rotatable bonds is 7. The van der Waals surface area contributed by atoms with Gasteiger partial charge in [-0.05, 0) is 13.8 Å². The number of hydrogen-bond donors (Lipinski definition) is 0. The monoisotopic (exact) mass is 206 g/mol. The van der Waals surface area contributed by atoms with Gasteiger partial charge in [0.25, 0.3) is 0 Å². The van der Waals surface area contributed by atoms with Gasteiger partial charge in [-0.15, -0.1) is 0 Å². The van der Waals surface area contributed by atoms with Crippen LogP contribution in [0.1, 0.15) is 26.7 Å². The predicted octanol–water partition coefficient (Wildman–Crippen LogP) is 0.756. The molecule has 0 N–H and O–H groups in total. The van der Waals surface area contributed by atoms with Crippen LogP contribution in [0.5, 0.6) is 0 Å². The van der Waals surface area contributed by atoms with E-state index >= 15 is 0 Å². The molecule has 0 amide bonds. The van der Waals surface area contributed by atoms with Crippen molar-refractivity contribution in [2.24, 2.45) is 0 Å². The molecule has 6 heteroatoms. The first-order valence-electron chi connectivity index (χ1n) is 4.35. The van der Waals surface area contributed by atoms with Crippen LogP contribution in [-0.4, -0.2) is 25.2 Å². The van der Waals surface area contributed by atoms with Crippen molar-refractivity contribution in [1.82, 2.24) is 0 Å². The third-order valence-electron chi connectivity index (χ3n) is 1.07. The minimum Gasteiger partial charge on any atom is -0.298 e. The molecule has 0 aliphatic heterocycles. The van der Waals surface area contributed by atoms with Crippen molar-refractivity contribution < 1.29 is 29.1 Å². The fourth-order valence-electron chi connectivity index (χ4n) is 0.537. The lowest BCUT2D eigenvalue weighted by atomic mass is 10.3. The van der Waals surface area contributed by atoms with Gasteiger partial charge < -0.3 is 0 Å². The normalized spacial score (nSPS) is 9.57. The van der Waals surface area contributed by atoms with Crippen molar-refractivity contribution in [2.75, 3.05) is 13.2 Å². The van der Waals surface area contributed by atoms with Gasteiger partial charge in [-0.25, -0.2) is 9.59 Å². The molecular formula is C8H14O6. The van der Waals surface area contributed by atoms with Gasteiger partial charge in [0.2, 0.25) is 0 Å². The van der Waals surface area contributed by atoms with Gasteiger partial charge in [0.1, 0.15) is 0 Å². The van der Waals surface area contributed by atoms with Crippen LogP contribution >= 0.6 is 0 Å². The van der Waals surface area contributed by atoms with Gasteiger partial charge in [-0.1, -0.05) is 0 Å². The lowest BCUT2D eigenvalue weighted by Crippen LogP contribution is -2.10. The van der Waals surface area contributed by atoms with E-state index in [1.165, 1.54) is 0 Å². The highest BCUT2D eigenvalue weighted by atomic mass is 17.2. The Hall–Kier alpha value is -1.14. The molecule has 0 aromatic heterocycles. The summed E-state index contributed by atoms with van der Waals surface area (Å²) in [5, 5.41) is 0. The molecular weight excluding hydrogens is 192 g/mol. The maximum atomic E-state index is 10.8. The summed E-state index contributed by atoms with van der Waals surface area (Å²) in [6.07, 6.45) is -0.183. The molecule has 0 saturated heterocycles. The van der Waals surface area contributed by atoms with Gasteiger partial charge in [0, 0.05) is 0 Å². The molecule has 14 heavy (non-hydrogen) atoms. The molecule has 0 atom stereocenters. The van der Waals surface area contributed by atoms with E-state index in [4.69, 9.17) is 0 Å². The first-order chi connectivity index (χ1) is 6.70. The molecule has 0 heterocycles. The smallest absolute Gasteiger partial charge is 0.298 e. The van der Waals surface area contributed by atoms with Crippen LogP contribution < -0.4 is 0 Å². The zero-order valence-electron chi connectivity index (χ0n) is 8.28. The van der Waals surface area contributed by atoms with E-state index in [-0.39, 0.29) is 26.1 Å². The topological polar surface area (TPSA) is 71.1 Å². The van der Waals surface area contributed by atoms with Crippen molar-refractivity contribution in [3.63, 3.8) is 0 Å². The molecule has 0 bridgehead atoms. The van der Waals surface area contributed by atoms with E-state index in [1.807, 2.05) is 0 Å². The van der Waals surface area contributed by atoms with Crippen LogP contribution in [0.4, 0.5) is 0 Å². The second-order valence-corrected chi connectivity index (χ2v) is 2.22. The summed E-state index contributed by atoms with van der Waals surface area (Å²) >= 11 is 0. The molecule has 82 valence electrons. The Bertz CT molecular complexity index is 159. The molecule has 0 aliphatic rings. The molecule has 0 aromatic carbocycles. The van der Waals surface area contributed by atoms with Crippen molar-refractivity contribution in [2.45, 2.75) is 26.7 Å². The highest BCUT2D eigenvalue weighted by Crippen LogP contribution is 1.96. The Morgan fingerprint density at radius 1 is 0.857 bits per heavy atom. The molecule has 0 fully saturated rings. The zero-order chi connectivity index (χ0) is 10.8. The van der Waals surface area contributed by atoms with E-state index < -0.39 is 11.9 Å². The Kier molecular flexibility index (Phi) is 7.77. The van der Waals surface area contributed by atoms with Crippen LogP contribution in [-0.2, 0) is 29.1 Å². The lowest BCUT2D eigenvalue weighted by molar-refractivity contribution is -0.275. The maximum Gasteiger partial charge on any atom is 0.342 e. The van der Waals surface area contributed by atoms with Gasteiger partial charge in [-0.3, -0.25) is 9.78 Å². The van der Waals surface area contributed by atoms with Gasteiger partial charge >= 0.3 is 11.9 Å². The van der Waals surface area contributed by atoms with Crippen molar-refractivity contribution >= 4 is 11.9 Å². The van der Waals surface area contributed by atoms with Crippen LogP contribution in [0.3, 0.4) is 0 Å². The van der Waals surface area contributed by atoms with Crippen LogP contribution in [0, 0.1) is 0 Å². The SMILES string of the molecule is CCOOC(=O)CCC(=O)OOCC. The molecule has 6 nitrogen and oxygen atoms in total. The third kappa shape index (κ3) is 7.51. The van der Waals surface area contributed by atoms with E-state index in [9.17, 15) is 9.59 Å². The molecule has 0 radical (unpaired) electrons. The summed E-state index contributed by atoms with van der Waals surface area (Å²) < 4.78 is 0. The Morgan fingerprint density at radius 3 is 1.50 bits per heavy atom. The quantitative estimate of drug-likeness (QED) is 0.452. The van der Waals surface area contributed by atoms with Crippen LogP contribution in [0.2, 0.25) is 0 Å². The van der Waals surface area contributed by atoms with E-state index in [1.54, 1.807) is 13.8 Å². The summed E-state index contributed by atoms with van der Waals surface area (Å²) in [6.45, 7) is 3.90. The lowest BCUT2D eigenvalue weighted by Gasteiger charge is -2.01. The molecule has 0 aliphatic carbocycles. The summed E-state index contributed by atoms with van der Waals surface area (Å²) in [5.74, 6) is -1.22. The fourth-order valence-corrected chi connectivity index (χ4v) is 0.537. The van der Waals surface area contributed by atoms with Gasteiger partial charge in [0.15, 0.2) is 0 Å². The van der Waals surface area contributed by atoms with Gasteiger partial charge in [0.05, 0.1) is 26.1 Å². The largest absolute Gasteiger partial charge is 0.342 e. The maximum absolute atomic E-state index is 10.8. The summed E-state index contributed by atoms with van der Waals surface area (Å²) in [6, 6.07) is 0. The molecule has 0 unspecified atom stereocenters. The minimum absolute atomic E-state index is 0.0914. The van der Waals surface area contributed by atoms with Gasteiger partial charge in [-0.2, -0.15) is 9.78 Å². The minimum atomic E-state index is -0.611. The average molecular weight is 206 g/mol. The molecule has 0 rings (SSSR count). The van der Waals surface area contributed by atoms with Crippen LogP contribution in [0.25, 0.3) is 0 Å².